The summed E-state index contributed by atoms with van der Waals surface area (Å²) in [6, 6.07) is 0.332. The average Bonchev–Trinajstić information content (AvgIpc) is 2.84. The lowest BCUT2D eigenvalue weighted by Crippen LogP contribution is -2.44. The van der Waals surface area contributed by atoms with Gasteiger partial charge in [-0.2, -0.15) is 0 Å². The Hall–Kier alpha value is -1.63. The number of aromatic nitrogens is 2. The zero-order valence-electron chi connectivity index (χ0n) is 14.1. The maximum absolute atomic E-state index is 11.7. The Balaban J connectivity index is 0.000000255. The first-order valence-corrected chi connectivity index (χ1v) is 7.62. The molecule has 1 saturated heterocycles. The van der Waals surface area contributed by atoms with Crippen molar-refractivity contribution in [3.8, 4) is 0 Å². The molecule has 1 aromatic heterocycles. The molecule has 7 nitrogen and oxygen atoms in total. The first-order valence-electron chi connectivity index (χ1n) is 7.62. The average molecular weight is 313 g/mol. The van der Waals surface area contributed by atoms with Crippen LogP contribution in [0.2, 0.25) is 0 Å². The van der Waals surface area contributed by atoms with E-state index in [2.05, 4.69) is 17.1 Å². The van der Waals surface area contributed by atoms with Crippen LogP contribution in [0.5, 0.6) is 0 Å². The number of nitrogens with zero attached hydrogens (tertiary/aromatic N) is 3. The van der Waals surface area contributed by atoms with Gasteiger partial charge in [-0.15, -0.1) is 10.2 Å². The van der Waals surface area contributed by atoms with E-state index in [0.29, 0.717) is 11.9 Å². The highest BCUT2D eigenvalue weighted by molar-refractivity contribution is 5.68. The molecule has 126 valence electrons. The van der Waals surface area contributed by atoms with Crippen LogP contribution in [0.15, 0.2) is 4.42 Å². The second-order valence-electron chi connectivity index (χ2n) is 6.39. The summed E-state index contributed by atoms with van der Waals surface area (Å²) in [7, 11) is 0. The molecule has 1 fully saturated rings. The molecule has 2 heterocycles. The smallest absolute Gasteiger partial charge is 0.410 e. The lowest BCUT2D eigenvalue weighted by atomic mass is 10.0. The number of aliphatic hydroxyl groups is 1. The minimum atomic E-state index is -0.381. The molecule has 1 aromatic rings. The molecule has 1 aliphatic heterocycles. The van der Waals surface area contributed by atoms with Crippen LogP contribution in [0.4, 0.5) is 4.79 Å². The molecule has 22 heavy (non-hydrogen) atoms. The molecule has 1 amide bonds. The van der Waals surface area contributed by atoms with E-state index in [1.54, 1.807) is 6.92 Å². The third kappa shape index (κ3) is 6.43. The third-order valence-corrected chi connectivity index (χ3v) is 3.13. The lowest BCUT2D eigenvalue weighted by Gasteiger charge is -2.34. The van der Waals surface area contributed by atoms with E-state index in [4.69, 9.17) is 14.3 Å². The van der Waals surface area contributed by atoms with Gasteiger partial charge in [-0.05, 0) is 47.0 Å². The molecule has 1 N–H and O–H groups in total. The molecule has 7 heteroatoms. The van der Waals surface area contributed by atoms with Crippen molar-refractivity contribution >= 4 is 6.09 Å². The van der Waals surface area contributed by atoms with Gasteiger partial charge in [0.15, 0.2) is 0 Å². The van der Waals surface area contributed by atoms with Gasteiger partial charge < -0.3 is 19.2 Å². The topological polar surface area (TPSA) is 88.7 Å². The van der Waals surface area contributed by atoms with Crippen molar-refractivity contribution in [2.45, 2.75) is 72.1 Å². The molecular weight excluding hydrogens is 286 g/mol. The first kappa shape index (κ1) is 18.4. The predicted molar refractivity (Wildman–Crippen MR) is 81.2 cm³/mol. The minimum Gasteiger partial charge on any atom is -0.444 e. The maximum atomic E-state index is 11.7. The lowest BCUT2D eigenvalue weighted by molar-refractivity contribution is 0.0121. The van der Waals surface area contributed by atoms with Crippen LogP contribution in [-0.2, 0) is 11.3 Å². The van der Waals surface area contributed by atoms with Crippen LogP contribution < -0.4 is 0 Å². The highest BCUT2D eigenvalue weighted by atomic mass is 16.6. The fraction of sp³-hybridized carbons (Fsp3) is 0.800. The Labute approximate surface area is 131 Å². The number of carbonyl (C=O) groups is 1. The summed E-state index contributed by atoms with van der Waals surface area (Å²) in [6.07, 6.45) is 3.26. The molecule has 0 bridgehead atoms. The molecule has 0 spiro atoms. The molecule has 0 unspecified atom stereocenters. The molecule has 0 radical (unpaired) electrons. The van der Waals surface area contributed by atoms with Crippen LogP contribution in [0, 0.1) is 6.92 Å². The summed E-state index contributed by atoms with van der Waals surface area (Å²) in [4.78, 5) is 13.6. The second-order valence-corrected chi connectivity index (χ2v) is 6.39. The van der Waals surface area contributed by atoms with Gasteiger partial charge in [0.1, 0.15) is 12.2 Å². The zero-order valence-corrected chi connectivity index (χ0v) is 14.1. The minimum absolute atomic E-state index is 0.162. The van der Waals surface area contributed by atoms with Crippen LogP contribution in [0.25, 0.3) is 0 Å². The number of ether oxygens (including phenoxy) is 1. The highest BCUT2D eigenvalue weighted by Gasteiger charge is 2.27. The van der Waals surface area contributed by atoms with Gasteiger partial charge >= 0.3 is 6.09 Å². The van der Waals surface area contributed by atoms with E-state index in [0.717, 1.165) is 19.4 Å². The Morgan fingerprint density at radius 2 is 2.09 bits per heavy atom. The normalized spacial score (nSPS) is 18.5. The van der Waals surface area contributed by atoms with Crippen molar-refractivity contribution in [1.29, 1.82) is 0 Å². The van der Waals surface area contributed by atoms with Crippen molar-refractivity contribution in [2.75, 3.05) is 6.54 Å². The zero-order chi connectivity index (χ0) is 16.8. The van der Waals surface area contributed by atoms with E-state index in [1.165, 1.54) is 6.42 Å². The van der Waals surface area contributed by atoms with Crippen molar-refractivity contribution in [1.82, 2.24) is 15.1 Å². The number of aliphatic hydroxyl groups excluding tert-OH is 1. The van der Waals surface area contributed by atoms with Gasteiger partial charge in [-0.3, -0.25) is 0 Å². The van der Waals surface area contributed by atoms with Gasteiger partial charge in [0.25, 0.3) is 0 Å². The highest BCUT2D eigenvalue weighted by Crippen LogP contribution is 2.19. The van der Waals surface area contributed by atoms with Gasteiger partial charge in [-0.25, -0.2) is 4.79 Å². The number of hydrogen-bond donors (Lipinski definition) is 1. The van der Waals surface area contributed by atoms with Crippen molar-refractivity contribution in [2.24, 2.45) is 0 Å². The first-order chi connectivity index (χ1) is 10.2. The second kappa shape index (κ2) is 8.12. The summed E-state index contributed by atoms with van der Waals surface area (Å²) in [6.45, 7) is 10.1. The fourth-order valence-electron chi connectivity index (χ4n) is 2.09. The van der Waals surface area contributed by atoms with Crippen LogP contribution in [0.3, 0.4) is 0 Å². The molecule has 1 aliphatic rings. The van der Waals surface area contributed by atoms with E-state index < -0.39 is 0 Å². The predicted octanol–water partition coefficient (Wildman–Crippen LogP) is 2.67. The molecule has 0 aromatic carbocycles. The van der Waals surface area contributed by atoms with Crippen LogP contribution in [-0.4, -0.2) is 44.5 Å². The SMILES string of the molecule is C[C@H]1CCCCN1C(=O)OC(C)(C)C.Cc1nnc(CO)o1. The van der Waals surface area contributed by atoms with Crippen molar-refractivity contribution in [3.05, 3.63) is 11.8 Å². The van der Waals surface area contributed by atoms with E-state index in [9.17, 15) is 4.79 Å². The van der Waals surface area contributed by atoms with Gasteiger partial charge in [0.05, 0.1) is 0 Å². The van der Waals surface area contributed by atoms with Gasteiger partial charge in [0.2, 0.25) is 11.8 Å². The van der Waals surface area contributed by atoms with Crippen molar-refractivity contribution in [3.63, 3.8) is 0 Å². The number of hydrogen-bond acceptors (Lipinski definition) is 6. The Morgan fingerprint density at radius 1 is 1.41 bits per heavy atom. The van der Waals surface area contributed by atoms with Crippen LogP contribution in [0.1, 0.15) is 58.7 Å². The Bertz CT molecular complexity index is 468. The van der Waals surface area contributed by atoms with Crippen molar-refractivity contribution < 1.29 is 19.1 Å². The molecular formula is C15H27N3O4. The molecule has 2 rings (SSSR count). The number of rotatable bonds is 1. The summed E-state index contributed by atoms with van der Waals surface area (Å²) in [5.74, 6) is 0.747. The monoisotopic (exact) mass is 313 g/mol. The Kier molecular flexibility index (Phi) is 6.80. The number of piperidine rings is 1. The number of aryl methyl sites for hydroxylation is 1. The standard InChI is InChI=1S/C11H21NO2.C4H6N2O2/c1-9-7-5-6-8-12(9)10(13)14-11(2,3)4;1-3-5-6-4(2-7)8-3/h9H,5-8H2,1-4H3;7H,2H2,1H3/t9-;/m0./s1. The summed E-state index contributed by atoms with van der Waals surface area (Å²) in [5.41, 5.74) is -0.381. The van der Waals surface area contributed by atoms with Crippen LogP contribution >= 0.6 is 0 Å². The number of amides is 1. The molecule has 1 atom stereocenters. The van der Waals surface area contributed by atoms with E-state index in [-0.39, 0.29) is 24.2 Å². The summed E-state index contributed by atoms with van der Waals surface area (Å²) < 4.78 is 10.1. The quantitative estimate of drug-likeness (QED) is 0.857. The van der Waals surface area contributed by atoms with E-state index >= 15 is 0 Å². The summed E-state index contributed by atoms with van der Waals surface area (Å²) >= 11 is 0. The largest absolute Gasteiger partial charge is 0.444 e. The maximum Gasteiger partial charge on any atom is 0.410 e. The fourth-order valence-corrected chi connectivity index (χ4v) is 2.09. The third-order valence-electron chi connectivity index (χ3n) is 3.13. The van der Waals surface area contributed by atoms with Gasteiger partial charge in [-0.1, -0.05) is 0 Å². The Morgan fingerprint density at radius 3 is 2.50 bits per heavy atom. The molecule has 0 aliphatic carbocycles. The number of likely N-dealkylation sites (tertiary alicyclic amines) is 1. The molecule has 0 saturated carbocycles. The number of carbonyl (C=O) groups excluding carboxylic acids is 1. The summed E-state index contributed by atoms with van der Waals surface area (Å²) in [5, 5.41) is 15.3. The van der Waals surface area contributed by atoms with E-state index in [1.807, 2.05) is 25.7 Å². The van der Waals surface area contributed by atoms with Gasteiger partial charge in [0, 0.05) is 19.5 Å².